The molecule has 3 heterocycles. The average molecular weight is 395 g/mol. The summed E-state index contributed by atoms with van der Waals surface area (Å²) in [6.45, 7) is 6.86. The third-order valence-electron chi connectivity index (χ3n) is 4.94. The van der Waals surface area contributed by atoms with Crippen molar-refractivity contribution in [3.8, 4) is 11.3 Å². The zero-order chi connectivity index (χ0) is 19.9. The van der Waals surface area contributed by atoms with E-state index in [-0.39, 0.29) is 23.0 Å². The van der Waals surface area contributed by atoms with E-state index in [0.29, 0.717) is 18.1 Å². The summed E-state index contributed by atoms with van der Waals surface area (Å²) in [4.78, 5) is 30.8. The summed E-state index contributed by atoms with van der Waals surface area (Å²) < 4.78 is 5.10. The maximum atomic E-state index is 12.3. The number of furan rings is 1. The Kier molecular flexibility index (Phi) is 4.55. The highest BCUT2D eigenvalue weighted by Gasteiger charge is 2.37. The van der Waals surface area contributed by atoms with Crippen molar-refractivity contribution in [1.29, 1.82) is 0 Å². The second-order valence-corrected chi connectivity index (χ2v) is 8.28. The highest BCUT2D eigenvalue weighted by atomic mass is 32.1. The van der Waals surface area contributed by atoms with Gasteiger partial charge in [-0.3, -0.25) is 14.9 Å². The van der Waals surface area contributed by atoms with Gasteiger partial charge >= 0.3 is 0 Å². The molecule has 3 aromatic rings. The van der Waals surface area contributed by atoms with Crippen LogP contribution in [0.15, 0.2) is 46.4 Å². The summed E-state index contributed by atoms with van der Waals surface area (Å²) >= 11 is 1.36. The lowest BCUT2D eigenvalue weighted by molar-refractivity contribution is -0.118. The lowest BCUT2D eigenvalue weighted by atomic mass is 9.86. The Labute approximate surface area is 167 Å². The quantitative estimate of drug-likeness (QED) is 0.695. The Bertz CT molecular complexity index is 1040. The van der Waals surface area contributed by atoms with E-state index < -0.39 is 0 Å². The molecule has 144 valence electrons. The fraction of sp³-hybridized carbons (Fsp3) is 0.286. The van der Waals surface area contributed by atoms with Crippen LogP contribution in [0.5, 0.6) is 0 Å². The molecule has 6 nitrogen and oxygen atoms in total. The molecule has 1 aliphatic heterocycles. The van der Waals surface area contributed by atoms with Crippen LogP contribution in [0, 0.1) is 0 Å². The minimum atomic E-state index is -0.324. The van der Waals surface area contributed by atoms with Gasteiger partial charge in [-0.25, -0.2) is 4.98 Å². The van der Waals surface area contributed by atoms with E-state index in [1.54, 1.807) is 12.1 Å². The van der Waals surface area contributed by atoms with E-state index in [9.17, 15) is 9.59 Å². The molecule has 2 amide bonds. The highest BCUT2D eigenvalue weighted by molar-refractivity contribution is 7.14. The van der Waals surface area contributed by atoms with Gasteiger partial charge < -0.3 is 9.32 Å². The van der Waals surface area contributed by atoms with Crippen LogP contribution in [0.4, 0.5) is 10.8 Å². The van der Waals surface area contributed by atoms with Gasteiger partial charge in [0.25, 0.3) is 5.91 Å². The van der Waals surface area contributed by atoms with E-state index >= 15 is 0 Å². The molecule has 0 saturated carbocycles. The molecule has 7 heteroatoms. The lowest BCUT2D eigenvalue weighted by Crippen LogP contribution is -2.33. The smallest absolute Gasteiger partial charge is 0.293 e. The Balaban J connectivity index is 1.60. The molecule has 0 spiro atoms. The first-order valence-electron chi connectivity index (χ1n) is 9.14. The molecule has 0 radical (unpaired) electrons. The molecule has 28 heavy (non-hydrogen) atoms. The van der Waals surface area contributed by atoms with Gasteiger partial charge in [-0.15, -0.1) is 11.3 Å². The van der Waals surface area contributed by atoms with Gasteiger partial charge in [-0.1, -0.05) is 26.8 Å². The molecule has 0 aliphatic carbocycles. The summed E-state index contributed by atoms with van der Waals surface area (Å²) in [7, 11) is 0. The summed E-state index contributed by atoms with van der Waals surface area (Å²) in [5, 5.41) is 5.18. The Morgan fingerprint density at radius 1 is 1.32 bits per heavy atom. The van der Waals surface area contributed by atoms with Crippen LogP contribution in [0.25, 0.3) is 11.3 Å². The number of anilines is 2. The van der Waals surface area contributed by atoms with Gasteiger partial charge in [0, 0.05) is 35.0 Å². The third-order valence-corrected chi connectivity index (χ3v) is 5.70. The first-order chi connectivity index (χ1) is 13.4. The largest absolute Gasteiger partial charge is 0.459 e. The van der Waals surface area contributed by atoms with Crippen molar-refractivity contribution in [3.63, 3.8) is 0 Å². The molecule has 0 saturated heterocycles. The van der Waals surface area contributed by atoms with Gasteiger partial charge in [-0.2, -0.15) is 0 Å². The van der Waals surface area contributed by atoms with Crippen LogP contribution >= 0.6 is 11.3 Å². The van der Waals surface area contributed by atoms with E-state index in [1.165, 1.54) is 17.6 Å². The van der Waals surface area contributed by atoms with E-state index in [2.05, 4.69) is 30.2 Å². The van der Waals surface area contributed by atoms with Crippen LogP contribution in [0.3, 0.4) is 0 Å². The first-order valence-corrected chi connectivity index (χ1v) is 10.0. The van der Waals surface area contributed by atoms with Gasteiger partial charge in [0.15, 0.2) is 10.9 Å². The Morgan fingerprint density at radius 2 is 2.14 bits per heavy atom. The maximum absolute atomic E-state index is 12.3. The van der Waals surface area contributed by atoms with Crippen LogP contribution in [0.1, 0.15) is 43.3 Å². The predicted octanol–water partition coefficient (Wildman–Crippen LogP) is 4.69. The first kappa shape index (κ1) is 18.4. The monoisotopic (exact) mass is 395 g/mol. The average Bonchev–Trinajstić information content (AvgIpc) is 3.41. The lowest BCUT2D eigenvalue weighted by Gasteiger charge is -2.20. The molecule has 1 aromatic carbocycles. The minimum Gasteiger partial charge on any atom is -0.459 e. The van der Waals surface area contributed by atoms with Gasteiger partial charge in [0.05, 0.1) is 12.0 Å². The number of nitrogens with one attached hydrogen (secondary N) is 1. The number of amides is 2. The topological polar surface area (TPSA) is 75.4 Å². The van der Waals surface area contributed by atoms with Crippen molar-refractivity contribution in [3.05, 3.63) is 53.3 Å². The Hall–Kier alpha value is -2.93. The van der Waals surface area contributed by atoms with Crippen molar-refractivity contribution in [1.82, 2.24) is 4.98 Å². The van der Waals surface area contributed by atoms with Crippen molar-refractivity contribution < 1.29 is 14.0 Å². The molecular weight excluding hydrogens is 374 g/mol. The second-order valence-electron chi connectivity index (χ2n) is 7.42. The van der Waals surface area contributed by atoms with Gasteiger partial charge in [-0.05, 0) is 29.8 Å². The van der Waals surface area contributed by atoms with Crippen LogP contribution < -0.4 is 10.2 Å². The SMILES string of the molecule is CCC(=O)N1CC(C)(C)c2cc(-c3csc(NC(=O)c4ccco4)n3)ccc21. The predicted molar refractivity (Wildman–Crippen MR) is 110 cm³/mol. The Morgan fingerprint density at radius 3 is 2.86 bits per heavy atom. The number of thiazole rings is 1. The fourth-order valence-electron chi connectivity index (χ4n) is 3.48. The fourth-order valence-corrected chi connectivity index (χ4v) is 4.20. The number of aromatic nitrogens is 1. The molecule has 1 N–H and O–H groups in total. The van der Waals surface area contributed by atoms with Crippen LogP contribution in [-0.4, -0.2) is 23.3 Å². The van der Waals surface area contributed by atoms with E-state index in [1.807, 2.05) is 29.3 Å². The molecule has 0 fully saturated rings. The second kappa shape index (κ2) is 6.91. The number of hydrogen-bond donors (Lipinski definition) is 1. The molecule has 0 atom stereocenters. The molecular formula is C21H21N3O3S. The van der Waals surface area contributed by atoms with E-state index in [0.717, 1.165) is 22.5 Å². The number of hydrogen-bond acceptors (Lipinski definition) is 5. The summed E-state index contributed by atoms with van der Waals surface area (Å²) in [6, 6.07) is 9.35. The molecule has 4 rings (SSSR count). The van der Waals surface area contributed by atoms with Crippen LogP contribution in [0.2, 0.25) is 0 Å². The van der Waals surface area contributed by atoms with Crippen molar-refractivity contribution in [2.75, 3.05) is 16.8 Å². The molecule has 1 aliphatic rings. The maximum Gasteiger partial charge on any atom is 0.293 e. The number of nitrogens with zero attached hydrogens (tertiary/aromatic N) is 2. The van der Waals surface area contributed by atoms with Crippen molar-refractivity contribution >= 4 is 34.0 Å². The zero-order valence-electron chi connectivity index (χ0n) is 16.0. The van der Waals surface area contributed by atoms with Crippen molar-refractivity contribution in [2.24, 2.45) is 0 Å². The van der Waals surface area contributed by atoms with Crippen molar-refractivity contribution in [2.45, 2.75) is 32.6 Å². The summed E-state index contributed by atoms with van der Waals surface area (Å²) in [6.07, 6.45) is 1.95. The summed E-state index contributed by atoms with van der Waals surface area (Å²) in [5.74, 6) is 0.0579. The van der Waals surface area contributed by atoms with Gasteiger partial charge in [0.1, 0.15) is 0 Å². The third kappa shape index (κ3) is 3.22. The number of rotatable bonds is 4. The molecule has 2 aromatic heterocycles. The number of carbonyl (C=O) groups excluding carboxylic acids is 2. The van der Waals surface area contributed by atoms with E-state index in [4.69, 9.17) is 4.42 Å². The molecule has 0 unspecified atom stereocenters. The number of fused-ring (bicyclic) bond motifs is 1. The number of benzene rings is 1. The normalized spacial score (nSPS) is 14.8. The molecule has 0 bridgehead atoms. The standard InChI is InChI=1S/C21H21N3O3S/c1-4-18(25)24-12-21(2,3)14-10-13(7-8-16(14)24)15-11-28-20(22-15)23-19(26)17-6-5-9-27-17/h5-11H,4,12H2,1-3H3,(H,22,23,26). The minimum absolute atomic E-state index is 0.122. The van der Waals surface area contributed by atoms with Gasteiger partial charge in [0.2, 0.25) is 5.91 Å². The number of carbonyl (C=O) groups is 2. The highest BCUT2D eigenvalue weighted by Crippen LogP contribution is 2.42. The van der Waals surface area contributed by atoms with Crippen LogP contribution in [-0.2, 0) is 10.2 Å². The summed E-state index contributed by atoms with van der Waals surface area (Å²) in [5.41, 5.74) is 3.75. The zero-order valence-corrected chi connectivity index (χ0v) is 16.8.